The molecule has 1 amide bonds. The molecule has 178 valence electrons. The second kappa shape index (κ2) is 9.94. The van der Waals surface area contributed by atoms with Crippen LogP contribution < -0.4 is 26.6 Å². The molecule has 0 radical (unpaired) electrons. The number of aliphatic imine (C=N–C) groups is 2. The van der Waals surface area contributed by atoms with Crippen molar-refractivity contribution in [1.29, 1.82) is 0 Å². The van der Waals surface area contributed by atoms with Gasteiger partial charge in [-0.3, -0.25) is 4.57 Å². The fraction of sp³-hybridized carbons (Fsp3) is 0.591. The number of rotatable bonds is 3. The van der Waals surface area contributed by atoms with Gasteiger partial charge in [0.1, 0.15) is 18.4 Å². The van der Waals surface area contributed by atoms with Crippen LogP contribution in [0.4, 0.5) is 4.79 Å². The van der Waals surface area contributed by atoms with Crippen molar-refractivity contribution in [2.24, 2.45) is 9.98 Å². The zero-order valence-corrected chi connectivity index (χ0v) is 19.3. The molecule has 2 saturated carbocycles. The smallest absolute Gasteiger partial charge is 0.394 e. The largest absolute Gasteiger partial charge is 1.00 e. The molecule has 0 aromatic carbocycles. The molecule has 0 saturated heterocycles. The maximum absolute atomic E-state index is 11.8. The van der Waals surface area contributed by atoms with Gasteiger partial charge in [0, 0.05) is 0 Å². The second-order valence-corrected chi connectivity index (χ2v) is 8.98. The molecule has 0 bridgehead atoms. The summed E-state index contributed by atoms with van der Waals surface area (Å²) < 4.78 is 7.66. The van der Waals surface area contributed by atoms with Gasteiger partial charge in [-0.25, -0.2) is 4.57 Å². The Morgan fingerprint density at radius 3 is 2.12 bits per heavy atom. The summed E-state index contributed by atoms with van der Waals surface area (Å²) in [5.41, 5.74) is 0. The number of aliphatic hydroxyl groups is 1. The van der Waals surface area contributed by atoms with E-state index in [1.54, 1.807) is 15.3 Å². The van der Waals surface area contributed by atoms with Crippen LogP contribution in [0.2, 0.25) is 0 Å². The van der Waals surface area contributed by atoms with Crippen LogP contribution in [0.1, 0.15) is 82.6 Å². The van der Waals surface area contributed by atoms with E-state index >= 15 is 0 Å². The number of halogens is 1. The molecule has 5 rings (SSSR count). The summed E-state index contributed by atoms with van der Waals surface area (Å²) in [4.78, 5) is 21.1. The lowest BCUT2D eigenvalue weighted by Gasteiger charge is -2.25. The van der Waals surface area contributed by atoms with Crippen LogP contribution >= 0.6 is 0 Å². The third-order valence-electron chi connectivity index (χ3n) is 6.90. The van der Waals surface area contributed by atoms with Crippen LogP contribution in [0.5, 0.6) is 0 Å². The Labute approximate surface area is 198 Å². The second-order valence-electron chi connectivity index (χ2n) is 8.98. The number of aromatic nitrogens is 4. The number of amidine groups is 1. The minimum Gasteiger partial charge on any atom is -1.00 e. The Balaban J connectivity index is 0.00000259. The SMILES string of the molecule is O=C([O-])N1C(O)=NC([n+]2ccn(C3CCCCC3)c2)=NC1[n+]1ccn(C2CCCCC2)c1.[Cl-]. The number of nitrogens with zero attached hydrogens (tertiary/aromatic N) is 7. The molecule has 1 aliphatic heterocycles. The highest BCUT2D eigenvalue weighted by Gasteiger charge is 2.39. The van der Waals surface area contributed by atoms with Gasteiger partial charge in [0.25, 0.3) is 0 Å². The number of hydrogen-bond acceptors (Lipinski definition) is 4. The van der Waals surface area contributed by atoms with E-state index in [2.05, 4.69) is 19.1 Å². The summed E-state index contributed by atoms with van der Waals surface area (Å²) in [6.45, 7) is 0. The maximum atomic E-state index is 11.8. The predicted octanol–water partition coefficient (Wildman–Crippen LogP) is -1.19. The highest BCUT2D eigenvalue weighted by atomic mass is 35.5. The Hall–Kier alpha value is -2.88. The van der Waals surface area contributed by atoms with Crippen molar-refractivity contribution in [3.05, 3.63) is 37.4 Å². The first-order valence-corrected chi connectivity index (χ1v) is 11.6. The van der Waals surface area contributed by atoms with Crippen LogP contribution in [0.25, 0.3) is 0 Å². The Morgan fingerprint density at radius 2 is 1.52 bits per heavy atom. The molecule has 2 aromatic heterocycles. The maximum Gasteiger partial charge on any atom is 0.394 e. The minimum absolute atomic E-state index is 0. The van der Waals surface area contributed by atoms with Crippen molar-refractivity contribution in [2.45, 2.75) is 82.6 Å². The van der Waals surface area contributed by atoms with Crippen LogP contribution in [-0.2, 0) is 0 Å². The fourth-order valence-corrected chi connectivity index (χ4v) is 5.14. The highest BCUT2D eigenvalue weighted by molar-refractivity contribution is 5.95. The Morgan fingerprint density at radius 1 is 0.939 bits per heavy atom. The van der Waals surface area contributed by atoms with Crippen LogP contribution in [0, 0.1) is 0 Å². The zero-order chi connectivity index (χ0) is 22.1. The molecule has 2 fully saturated rings. The van der Waals surface area contributed by atoms with E-state index < -0.39 is 18.4 Å². The first-order valence-electron chi connectivity index (χ1n) is 11.6. The summed E-state index contributed by atoms with van der Waals surface area (Å²) in [5, 5.41) is 22.2. The standard InChI is InChI=1S/C22H29N7O3.ClH/c30-21-24-19(27-13-11-25(15-27)17-7-3-1-4-8-17)23-20(29(21)22(31)32)28-14-12-26(16-28)18-9-5-2-6-10-18;/h11-18,20H,1-10H2;1H. The van der Waals surface area contributed by atoms with Crippen LogP contribution in [0.15, 0.2) is 47.4 Å². The van der Waals surface area contributed by atoms with E-state index in [1.165, 1.54) is 38.5 Å². The minimum atomic E-state index is -1.55. The van der Waals surface area contributed by atoms with E-state index in [1.807, 2.05) is 31.2 Å². The summed E-state index contributed by atoms with van der Waals surface area (Å²) >= 11 is 0. The van der Waals surface area contributed by atoms with Gasteiger partial charge in [0.2, 0.25) is 6.33 Å². The summed E-state index contributed by atoms with van der Waals surface area (Å²) in [5.74, 6) is 0.234. The molecular formula is C22H30ClN7O3. The predicted molar refractivity (Wildman–Crippen MR) is 113 cm³/mol. The van der Waals surface area contributed by atoms with Crippen LogP contribution in [-0.4, -0.2) is 37.2 Å². The van der Waals surface area contributed by atoms with E-state index in [9.17, 15) is 15.0 Å². The van der Waals surface area contributed by atoms with Crippen molar-refractivity contribution in [2.75, 3.05) is 0 Å². The van der Waals surface area contributed by atoms with Gasteiger partial charge in [0.15, 0.2) is 12.4 Å². The number of hydrogen-bond donors (Lipinski definition) is 1. The monoisotopic (exact) mass is 475 g/mol. The molecule has 2 aliphatic carbocycles. The fourth-order valence-electron chi connectivity index (χ4n) is 5.14. The van der Waals surface area contributed by atoms with Gasteiger partial charge in [-0.15, -0.1) is 0 Å². The lowest BCUT2D eigenvalue weighted by Crippen LogP contribution is -3.00. The third-order valence-corrected chi connectivity index (χ3v) is 6.90. The molecule has 3 aliphatic rings. The molecule has 10 nitrogen and oxygen atoms in total. The summed E-state index contributed by atoms with van der Waals surface area (Å²) in [6.07, 6.45) is 20.6. The topological polar surface area (TPSA) is 106 Å². The molecule has 33 heavy (non-hydrogen) atoms. The zero-order valence-electron chi connectivity index (χ0n) is 18.5. The molecule has 2 aromatic rings. The van der Waals surface area contributed by atoms with Crippen molar-refractivity contribution in [3.8, 4) is 0 Å². The number of aliphatic hydroxyl groups excluding tert-OH is 1. The summed E-state index contributed by atoms with van der Waals surface area (Å²) in [7, 11) is 0. The van der Waals surface area contributed by atoms with Gasteiger partial charge in [-0.05, 0) is 43.5 Å². The summed E-state index contributed by atoms with van der Waals surface area (Å²) in [6, 6.07) is 0.201. The first-order chi connectivity index (χ1) is 15.6. The van der Waals surface area contributed by atoms with Crippen molar-refractivity contribution >= 4 is 18.1 Å². The molecule has 1 atom stereocenters. The number of imidazole rings is 2. The van der Waals surface area contributed by atoms with Gasteiger partial charge in [-0.2, -0.15) is 14.0 Å². The van der Waals surface area contributed by atoms with Gasteiger partial charge >= 0.3 is 18.3 Å². The van der Waals surface area contributed by atoms with E-state index in [4.69, 9.17) is 0 Å². The van der Waals surface area contributed by atoms with Gasteiger partial charge < -0.3 is 27.4 Å². The van der Waals surface area contributed by atoms with Crippen LogP contribution in [0.3, 0.4) is 0 Å². The molecule has 11 heteroatoms. The third kappa shape index (κ3) is 4.75. The number of carboxylic acid groups (broad SMARTS) is 1. The van der Waals surface area contributed by atoms with Crippen molar-refractivity contribution < 1.29 is 36.5 Å². The van der Waals surface area contributed by atoms with E-state index in [-0.39, 0.29) is 18.4 Å². The van der Waals surface area contributed by atoms with Crippen molar-refractivity contribution in [1.82, 2.24) is 14.0 Å². The number of carbonyl (C=O) groups excluding carboxylic acids is 1. The quantitative estimate of drug-likeness (QED) is 0.564. The lowest BCUT2D eigenvalue weighted by molar-refractivity contribution is -0.738. The number of amides is 1. The van der Waals surface area contributed by atoms with E-state index in [0.29, 0.717) is 17.0 Å². The molecular weight excluding hydrogens is 446 g/mol. The van der Waals surface area contributed by atoms with E-state index in [0.717, 1.165) is 25.7 Å². The highest BCUT2D eigenvalue weighted by Crippen LogP contribution is 2.28. The Kier molecular flexibility index (Phi) is 7.02. The molecule has 1 unspecified atom stereocenters. The average Bonchev–Trinajstić information content (AvgIpc) is 3.50. The van der Waals surface area contributed by atoms with Gasteiger partial charge in [0.05, 0.1) is 18.4 Å². The molecule has 1 N–H and O–H groups in total. The van der Waals surface area contributed by atoms with Gasteiger partial charge in [-0.1, -0.05) is 30.7 Å². The lowest BCUT2D eigenvalue weighted by atomic mass is 9.95. The molecule has 0 spiro atoms. The first kappa shape index (κ1) is 23.3. The van der Waals surface area contributed by atoms with Crippen molar-refractivity contribution in [3.63, 3.8) is 0 Å². The average molecular weight is 476 g/mol. The molecule has 3 heterocycles. The normalized spacial score (nSPS) is 22.4. The number of carbonyl (C=O) groups is 1. The Bertz CT molecular complexity index is 1030.